The van der Waals surface area contributed by atoms with E-state index in [0.29, 0.717) is 6.04 Å². The van der Waals surface area contributed by atoms with Gasteiger partial charge in [-0.15, -0.1) is 11.3 Å². The molecule has 1 aliphatic rings. The Morgan fingerprint density at radius 3 is 2.93 bits per heavy atom. The summed E-state index contributed by atoms with van der Waals surface area (Å²) in [6, 6.07) is 0.675. The lowest BCUT2D eigenvalue weighted by molar-refractivity contribution is 0.463. The Bertz CT molecular complexity index is 277. The molecule has 1 radical (unpaired) electrons. The van der Waals surface area contributed by atoms with Crippen LogP contribution in [0.1, 0.15) is 37.8 Å². The van der Waals surface area contributed by atoms with Gasteiger partial charge >= 0.3 is 0 Å². The molecular weight excluding hydrogens is 192 g/mol. The van der Waals surface area contributed by atoms with Crippen molar-refractivity contribution >= 4 is 16.3 Å². The lowest BCUT2D eigenvalue weighted by Gasteiger charge is -2.23. The van der Waals surface area contributed by atoms with Crippen molar-refractivity contribution in [2.75, 3.05) is 5.32 Å². The van der Waals surface area contributed by atoms with Crippen LogP contribution in [-0.2, 0) is 6.42 Å². The van der Waals surface area contributed by atoms with Crippen molar-refractivity contribution < 1.29 is 0 Å². The van der Waals surface area contributed by atoms with Crippen molar-refractivity contribution in [2.24, 2.45) is 0 Å². The molecule has 2 nitrogen and oxygen atoms in total. The first kappa shape index (κ1) is 9.97. The highest BCUT2D eigenvalue weighted by atomic mass is 32.1. The van der Waals surface area contributed by atoms with Crippen LogP contribution in [0.25, 0.3) is 0 Å². The second kappa shape index (κ2) is 4.78. The summed E-state index contributed by atoms with van der Waals surface area (Å²) in [5.74, 6) is 0. The highest BCUT2D eigenvalue weighted by Crippen LogP contribution is 2.26. The molecule has 1 heterocycles. The van der Waals surface area contributed by atoms with Crippen molar-refractivity contribution in [3.63, 3.8) is 0 Å². The van der Waals surface area contributed by atoms with Gasteiger partial charge in [0.05, 0.1) is 11.2 Å². The molecular formula is C11H17N2S. The van der Waals surface area contributed by atoms with E-state index < -0.39 is 0 Å². The molecule has 1 aromatic heterocycles. The minimum Gasteiger partial charge on any atom is -0.373 e. The Hall–Kier alpha value is -0.570. The topological polar surface area (TPSA) is 24.9 Å². The van der Waals surface area contributed by atoms with E-state index in [1.165, 1.54) is 37.1 Å². The summed E-state index contributed by atoms with van der Waals surface area (Å²) in [4.78, 5) is 4.29. The Labute approximate surface area is 89.8 Å². The zero-order chi connectivity index (χ0) is 9.80. The van der Waals surface area contributed by atoms with Gasteiger partial charge < -0.3 is 5.32 Å². The summed E-state index contributed by atoms with van der Waals surface area (Å²) < 4.78 is 0. The van der Waals surface area contributed by atoms with Crippen molar-refractivity contribution in [2.45, 2.75) is 44.6 Å². The molecule has 0 unspecified atom stereocenters. The van der Waals surface area contributed by atoms with E-state index >= 15 is 0 Å². The van der Waals surface area contributed by atoms with Crippen LogP contribution in [0.4, 0.5) is 5.00 Å². The molecule has 1 fully saturated rings. The van der Waals surface area contributed by atoms with E-state index in [0.717, 1.165) is 12.1 Å². The second-order valence-electron chi connectivity index (χ2n) is 3.86. The lowest BCUT2D eigenvalue weighted by Crippen LogP contribution is -2.22. The average molecular weight is 209 g/mol. The van der Waals surface area contributed by atoms with Gasteiger partial charge in [0.2, 0.25) is 0 Å². The van der Waals surface area contributed by atoms with Gasteiger partial charge in [-0.05, 0) is 26.2 Å². The predicted octanol–water partition coefficient (Wildman–Crippen LogP) is 3.26. The van der Waals surface area contributed by atoms with Gasteiger partial charge in [0.1, 0.15) is 5.00 Å². The fraction of sp³-hybridized carbons (Fsp3) is 0.636. The van der Waals surface area contributed by atoms with Gasteiger partial charge in [-0.1, -0.05) is 19.3 Å². The Morgan fingerprint density at radius 2 is 2.21 bits per heavy atom. The number of thiazole rings is 1. The zero-order valence-corrected chi connectivity index (χ0v) is 9.28. The number of nitrogens with one attached hydrogen (secondary N) is 1. The number of rotatable bonds is 3. The van der Waals surface area contributed by atoms with Crippen LogP contribution in [0, 0.1) is 6.92 Å². The van der Waals surface area contributed by atoms with Gasteiger partial charge in [0.25, 0.3) is 0 Å². The molecule has 0 atom stereocenters. The van der Waals surface area contributed by atoms with Crippen LogP contribution in [0.5, 0.6) is 0 Å². The Balaban J connectivity index is 1.95. The van der Waals surface area contributed by atoms with Crippen LogP contribution in [0.2, 0.25) is 0 Å². The van der Waals surface area contributed by atoms with Gasteiger partial charge in [0, 0.05) is 6.04 Å². The SMILES string of the molecule is [CH2]Cc1ncsc1NC1CCCCC1. The molecule has 1 aliphatic carbocycles. The smallest absolute Gasteiger partial charge is 0.112 e. The van der Waals surface area contributed by atoms with Crippen LogP contribution < -0.4 is 5.32 Å². The summed E-state index contributed by atoms with van der Waals surface area (Å²) in [5.41, 5.74) is 3.03. The van der Waals surface area contributed by atoms with Crippen molar-refractivity contribution in [1.29, 1.82) is 0 Å². The maximum atomic E-state index is 4.29. The van der Waals surface area contributed by atoms with Crippen LogP contribution in [0.15, 0.2) is 5.51 Å². The first-order valence-corrected chi connectivity index (χ1v) is 6.26. The highest BCUT2D eigenvalue weighted by Gasteiger charge is 2.14. The molecule has 0 spiro atoms. The van der Waals surface area contributed by atoms with Crippen LogP contribution in [0.3, 0.4) is 0 Å². The number of aromatic nitrogens is 1. The number of anilines is 1. The minimum atomic E-state index is 0.675. The molecule has 0 aromatic carbocycles. The molecule has 0 aliphatic heterocycles. The summed E-state index contributed by atoms with van der Waals surface area (Å²) in [7, 11) is 0. The average Bonchev–Trinajstić information content (AvgIpc) is 2.67. The van der Waals surface area contributed by atoms with E-state index in [4.69, 9.17) is 0 Å². The van der Waals surface area contributed by atoms with Gasteiger partial charge in [-0.2, -0.15) is 0 Å². The zero-order valence-electron chi connectivity index (χ0n) is 8.46. The van der Waals surface area contributed by atoms with Gasteiger partial charge in [-0.25, -0.2) is 4.98 Å². The van der Waals surface area contributed by atoms with E-state index in [-0.39, 0.29) is 0 Å². The third kappa shape index (κ3) is 2.27. The third-order valence-corrected chi connectivity index (χ3v) is 3.62. The molecule has 3 heteroatoms. The summed E-state index contributed by atoms with van der Waals surface area (Å²) in [6.07, 6.45) is 7.57. The molecule has 1 aromatic rings. The van der Waals surface area contributed by atoms with Gasteiger partial charge in [0.15, 0.2) is 0 Å². The number of hydrogen-bond donors (Lipinski definition) is 1. The standard InChI is InChI=1S/C11H17N2S/c1-2-10-11(14-8-12-10)13-9-6-4-3-5-7-9/h8-9,13H,1-7H2. The largest absolute Gasteiger partial charge is 0.373 e. The summed E-state index contributed by atoms with van der Waals surface area (Å²) >= 11 is 1.71. The van der Waals surface area contributed by atoms with Crippen molar-refractivity contribution in [3.05, 3.63) is 18.1 Å². The Kier molecular flexibility index (Phi) is 3.40. The Morgan fingerprint density at radius 1 is 1.43 bits per heavy atom. The highest BCUT2D eigenvalue weighted by molar-refractivity contribution is 7.14. The minimum absolute atomic E-state index is 0.675. The molecule has 2 rings (SSSR count). The van der Waals surface area contributed by atoms with Gasteiger partial charge in [-0.3, -0.25) is 0 Å². The molecule has 0 amide bonds. The quantitative estimate of drug-likeness (QED) is 0.826. The third-order valence-electron chi connectivity index (χ3n) is 2.82. The van der Waals surface area contributed by atoms with Crippen LogP contribution in [-0.4, -0.2) is 11.0 Å². The van der Waals surface area contributed by atoms with E-state index in [9.17, 15) is 0 Å². The van der Waals surface area contributed by atoms with Crippen molar-refractivity contribution in [1.82, 2.24) is 4.98 Å². The second-order valence-corrected chi connectivity index (χ2v) is 4.71. The molecule has 1 N–H and O–H groups in total. The molecule has 77 valence electrons. The van der Waals surface area contributed by atoms with Crippen LogP contribution >= 0.6 is 11.3 Å². The molecule has 1 saturated carbocycles. The van der Waals surface area contributed by atoms with E-state index in [2.05, 4.69) is 17.2 Å². The monoisotopic (exact) mass is 209 g/mol. The molecule has 14 heavy (non-hydrogen) atoms. The number of nitrogens with zero attached hydrogens (tertiary/aromatic N) is 1. The molecule has 0 bridgehead atoms. The normalized spacial score (nSPS) is 18.4. The van der Waals surface area contributed by atoms with E-state index in [1.54, 1.807) is 11.3 Å². The molecule has 0 saturated heterocycles. The summed E-state index contributed by atoms with van der Waals surface area (Å²) in [6.45, 7) is 3.89. The lowest BCUT2D eigenvalue weighted by atomic mass is 9.95. The first-order valence-electron chi connectivity index (χ1n) is 5.38. The maximum absolute atomic E-state index is 4.29. The fourth-order valence-electron chi connectivity index (χ4n) is 2.00. The van der Waals surface area contributed by atoms with Crippen molar-refractivity contribution in [3.8, 4) is 0 Å². The maximum Gasteiger partial charge on any atom is 0.112 e. The predicted molar refractivity (Wildman–Crippen MR) is 61.7 cm³/mol. The first-order chi connectivity index (χ1) is 6.90. The summed E-state index contributed by atoms with van der Waals surface area (Å²) in [5, 5.41) is 4.84. The fourth-order valence-corrected chi connectivity index (χ4v) is 2.81. The van der Waals surface area contributed by atoms with E-state index in [1.807, 2.05) is 5.51 Å². The number of hydrogen-bond acceptors (Lipinski definition) is 3.